The van der Waals surface area contributed by atoms with Crippen LogP contribution in [0.5, 0.6) is 0 Å². The average Bonchev–Trinajstić information content (AvgIpc) is 3.00. The molecule has 2 aromatic rings. The second-order valence-electron chi connectivity index (χ2n) is 6.23. The molecule has 142 valence electrons. The lowest BCUT2D eigenvalue weighted by Gasteiger charge is -2.16. The van der Waals surface area contributed by atoms with E-state index in [4.69, 9.17) is 5.53 Å². The molecule has 9 nitrogen and oxygen atoms in total. The fraction of sp³-hybridized carbons (Fsp3) is 0.333. The first-order valence-electron chi connectivity index (χ1n) is 8.30. The molecule has 0 unspecified atom stereocenters. The van der Waals surface area contributed by atoms with Crippen LogP contribution in [0.25, 0.3) is 16.4 Å². The van der Waals surface area contributed by atoms with Crippen LogP contribution < -0.4 is 5.32 Å². The number of aromatic nitrogens is 1. The maximum Gasteiger partial charge on any atom is 0.326 e. The molecule has 4 N–H and O–H groups in total. The molecule has 2 atom stereocenters. The van der Waals surface area contributed by atoms with Crippen LogP contribution in [0.2, 0.25) is 0 Å². The SMILES string of the molecule is Cc1ccc2c(C[C@H](O)C(=O)N[C@@H](CCC(=O)C=[N+]=[N-])C(=O)O)c[nH]c2c1. The summed E-state index contributed by atoms with van der Waals surface area (Å²) in [4.78, 5) is 40.3. The number of nitrogens with one attached hydrogen (secondary N) is 2. The summed E-state index contributed by atoms with van der Waals surface area (Å²) in [5.41, 5.74) is 10.9. The molecule has 0 saturated heterocycles. The summed E-state index contributed by atoms with van der Waals surface area (Å²) >= 11 is 0. The van der Waals surface area contributed by atoms with Crippen LogP contribution in [-0.2, 0) is 20.8 Å². The summed E-state index contributed by atoms with van der Waals surface area (Å²) in [5, 5.41) is 22.4. The molecule has 0 saturated carbocycles. The highest BCUT2D eigenvalue weighted by Crippen LogP contribution is 2.20. The number of nitrogens with zero attached hydrogens (tertiary/aromatic N) is 2. The topological polar surface area (TPSA) is 156 Å². The van der Waals surface area contributed by atoms with Gasteiger partial charge < -0.3 is 26.0 Å². The number of aliphatic hydroxyl groups excluding tert-OH is 1. The Bertz CT molecular complexity index is 914. The molecule has 27 heavy (non-hydrogen) atoms. The number of carbonyl (C=O) groups is 3. The number of benzene rings is 1. The average molecular weight is 372 g/mol. The highest BCUT2D eigenvalue weighted by Gasteiger charge is 2.25. The molecule has 0 aliphatic heterocycles. The number of carbonyl (C=O) groups excluding carboxylic acids is 2. The minimum absolute atomic E-state index is 0.0112. The first-order chi connectivity index (χ1) is 12.8. The van der Waals surface area contributed by atoms with E-state index in [-0.39, 0.29) is 19.3 Å². The number of carboxylic acid groups (broad SMARTS) is 1. The number of aliphatic hydroxyl groups is 1. The van der Waals surface area contributed by atoms with E-state index in [0.29, 0.717) is 6.21 Å². The number of hydrogen-bond acceptors (Lipinski definition) is 4. The molecule has 1 aromatic heterocycles. The Hall–Kier alpha value is -3.29. The Labute approximate surface area is 154 Å². The molecule has 9 heteroatoms. The second kappa shape index (κ2) is 8.88. The van der Waals surface area contributed by atoms with Gasteiger partial charge in [-0.1, -0.05) is 12.1 Å². The molecule has 0 radical (unpaired) electrons. The van der Waals surface area contributed by atoms with Gasteiger partial charge in [-0.3, -0.25) is 9.59 Å². The van der Waals surface area contributed by atoms with Gasteiger partial charge in [-0.05, 0) is 30.5 Å². The number of H-pyrrole nitrogens is 1. The third-order valence-electron chi connectivity index (χ3n) is 4.13. The largest absolute Gasteiger partial charge is 0.480 e. The van der Waals surface area contributed by atoms with Crippen molar-refractivity contribution in [2.45, 2.75) is 38.3 Å². The Morgan fingerprint density at radius 1 is 1.37 bits per heavy atom. The number of ketones is 1. The maximum absolute atomic E-state index is 12.2. The van der Waals surface area contributed by atoms with Gasteiger partial charge in [-0.2, -0.15) is 4.79 Å². The van der Waals surface area contributed by atoms with E-state index >= 15 is 0 Å². The highest BCUT2D eigenvalue weighted by atomic mass is 16.4. The number of aliphatic carboxylic acids is 1. The molecule has 1 aromatic carbocycles. The molecule has 0 bridgehead atoms. The summed E-state index contributed by atoms with van der Waals surface area (Å²) in [6.07, 6.45) is 0.514. The molecule has 0 aliphatic rings. The van der Waals surface area contributed by atoms with Crippen molar-refractivity contribution in [3.05, 3.63) is 41.1 Å². The van der Waals surface area contributed by atoms with E-state index < -0.39 is 29.8 Å². The van der Waals surface area contributed by atoms with Gasteiger partial charge in [-0.15, -0.1) is 0 Å². The van der Waals surface area contributed by atoms with Crippen LogP contribution in [-0.4, -0.2) is 56.0 Å². The van der Waals surface area contributed by atoms with E-state index in [9.17, 15) is 24.6 Å². The van der Waals surface area contributed by atoms with E-state index in [0.717, 1.165) is 22.0 Å². The van der Waals surface area contributed by atoms with E-state index in [1.807, 2.05) is 25.1 Å². The first kappa shape index (κ1) is 20.0. The van der Waals surface area contributed by atoms with Gasteiger partial charge in [0, 0.05) is 29.9 Å². The zero-order valence-electron chi connectivity index (χ0n) is 14.7. The van der Waals surface area contributed by atoms with Crippen molar-refractivity contribution in [2.24, 2.45) is 0 Å². The summed E-state index contributed by atoms with van der Waals surface area (Å²) in [6.45, 7) is 1.95. The van der Waals surface area contributed by atoms with Gasteiger partial charge in [0.25, 0.3) is 0 Å². The first-order valence-corrected chi connectivity index (χ1v) is 8.30. The number of rotatable bonds is 9. The third kappa shape index (κ3) is 5.34. The summed E-state index contributed by atoms with van der Waals surface area (Å²) in [6, 6.07) is 4.40. The van der Waals surface area contributed by atoms with Crippen LogP contribution in [0.15, 0.2) is 24.4 Å². The molecule has 0 spiro atoms. The molecule has 2 rings (SSSR count). The molecular weight excluding hydrogens is 352 g/mol. The zero-order valence-corrected chi connectivity index (χ0v) is 14.7. The van der Waals surface area contributed by atoms with E-state index in [1.54, 1.807) is 6.20 Å². The van der Waals surface area contributed by atoms with Crippen molar-refractivity contribution in [1.82, 2.24) is 10.3 Å². The lowest BCUT2D eigenvalue weighted by atomic mass is 10.0. The van der Waals surface area contributed by atoms with Crippen molar-refractivity contribution in [3.63, 3.8) is 0 Å². The number of amides is 1. The zero-order chi connectivity index (χ0) is 20.0. The lowest BCUT2D eigenvalue weighted by molar-refractivity contribution is -0.143. The van der Waals surface area contributed by atoms with Crippen LogP contribution >= 0.6 is 0 Å². The monoisotopic (exact) mass is 372 g/mol. The van der Waals surface area contributed by atoms with Crippen molar-refractivity contribution in [1.29, 1.82) is 0 Å². The Balaban J connectivity index is 2.00. The fourth-order valence-electron chi connectivity index (χ4n) is 2.71. The molecule has 0 aliphatic carbocycles. The van der Waals surface area contributed by atoms with Crippen LogP contribution in [0.3, 0.4) is 0 Å². The van der Waals surface area contributed by atoms with Gasteiger partial charge in [0.15, 0.2) is 0 Å². The lowest BCUT2D eigenvalue weighted by Crippen LogP contribution is -2.46. The Morgan fingerprint density at radius 3 is 2.78 bits per heavy atom. The van der Waals surface area contributed by atoms with Gasteiger partial charge >= 0.3 is 12.2 Å². The molecule has 1 amide bonds. The quantitative estimate of drug-likeness (QED) is 0.288. The summed E-state index contributed by atoms with van der Waals surface area (Å²) in [7, 11) is 0. The Kier molecular flexibility index (Phi) is 6.59. The van der Waals surface area contributed by atoms with Crippen molar-refractivity contribution >= 4 is 34.8 Å². The number of Topliss-reactive ketones (excluding diaryl/α,β-unsaturated/α-hetero) is 1. The van der Waals surface area contributed by atoms with Crippen molar-refractivity contribution in [2.75, 3.05) is 0 Å². The van der Waals surface area contributed by atoms with Crippen LogP contribution in [0, 0.1) is 6.92 Å². The van der Waals surface area contributed by atoms with Crippen molar-refractivity contribution in [3.8, 4) is 0 Å². The van der Waals surface area contributed by atoms with E-state index in [2.05, 4.69) is 15.1 Å². The standard InChI is InChI=1S/C18H20N4O5/c1-10-2-4-13-11(8-20-15(13)6-10)7-16(24)17(25)22-14(18(26)27)5-3-12(23)9-21-19/h2,4,6,8-9,14,16,20,24H,3,5,7H2,1H3,(H,22,25)(H,26,27)/t14-,16-/m0/s1. The van der Waals surface area contributed by atoms with E-state index in [1.165, 1.54) is 0 Å². The number of aromatic amines is 1. The second-order valence-corrected chi connectivity index (χ2v) is 6.23. The van der Waals surface area contributed by atoms with Gasteiger partial charge in [0.2, 0.25) is 11.7 Å². The third-order valence-corrected chi connectivity index (χ3v) is 4.13. The van der Waals surface area contributed by atoms with Crippen LogP contribution in [0.1, 0.15) is 24.0 Å². The maximum atomic E-state index is 12.2. The molecule has 1 heterocycles. The number of aryl methyl sites for hydroxylation is 1. The van der Waals surface area contributed by atoms with Crippen molar-refractivity contribution < 1.29 is 29.4 Å². The van der Waals surface area contributed by atoms with Crippen LogP contribution in [0.4, 0.5) is 0 Å². The highest BCUT2D eigenvalue weighted by molar-refractivity contribution is 6.25. The molecule has 0 fully saturated rings. The minimum atomic E-state index is -1.44. The van der Waals surface area contributed by atoms with Gasteiger partial charge in [-0.25, -0.2) is 4.79 Å². The normalized spacial score (nSPS) is 12.8. The van der Waals surface area contributed by atoms with Gasteiger partial charge in [0.1, 0.15) is 12.1 Å². The molecular formula is C18H20N4O5. The smallest absolute Gasteiger partial charge is 0.326 e. The van der Waals surface area contributed by atoms with Gasteiger partial charge in [0.05, 0.1) is 0 Å². The fourth-order valence-corrected chi connectivity index (χ4v) is 2.71. The summed E-state index contributed by atoms with van der Waals surface area (Å²) < 4.78 is 0. The minimum Gasteiger partial charge on any atom is -0.480 e. The number of hydrogen-bond donors (Lipinski definition) is 4. The number of fused-ring (bicyclic) bond motifs is 1. The predicted octanol–water partition coefficient (Wildman–Crippen LogP) is 0.599. The predicted molar refractivity (Wildman–Crippen MR) is 96.2 cm³/mol. The number of carboxylic acids is 1. The Morgan fingerprint density at radius 2 is 2.11 bits per heavy atom. The summed E-state index contributed by atoms with van der Waals surface area (Å²) in [5.74, 6) is -2.74.